The molecule has 6 rings (SSSR count). The summed E-state index contributed by atoms with van der Waals surface area (Å²) in [7, 11) is 1.96. The zero-order valence-corrected chi connectivity index (χ0v) is 27.0. The van der Waals surface area contributed by atoms with Gasteiger partial charge < -0.3 is 14.5 Å². The van der Waals surface area contributed by atoms with Gasteiger partial charge in [-0.2, -0.15) is 5.10 Å². The van der Waals surface area contributed by atoms with Crippen LogP contribution < -0.4 is 4.90 Å². The van der Waals surface area contributed by atoms with Crippen LogP contribution in [0.5, 0.6) is 0 Å². The number of Topliss-reactive ketones (excluding diaryl/α,β-unsaturated/α-hetero) is 1. The Balaban J connectivity index is 0.902. The number of nitro groups is 1. The monoisotopic (exact) mass is 641 g/mol. The maximum absolute atomic E-state index is 13.9. The van der Waals surface area contributed by atoms with Crippen LogP contribution in [-0.4, -0.2) is 50.5 Å². The first-order chi connectivity index (χ1) is 22.7. The number of piperidine rings is 1. The van der Waals surface area contributed by atoms with Crippen LogP contribution >= 0.6 is 0 Å². The second-order valence-corrected chi connectivity index (χ2v) is 13.4. The Morgan fingerprint density at radius 3 is 2.38 bits per heavy atom. The van der Waals surface area contributed by atoms with Gasteiger partial charge in [-0.1, -0.05) is 18.2 Å². The summed E-state index contributed by atoms with van der Waals surface area (Å²) in [6.45, 7) is 1.72. The van der Waals surface area contributed by atoms with E-state index in [1.54, 1.807) is 17.0 Å². The molecule has 0 radical (unpaired) electrons. The summed E-state index contributed by atoms with van der Waals surface area (Å²) in [6.07, 6.45) is 9.44. The molecular weight excluding hydrogens is 598 g/mol. The number of hydrogen-bond acceptors (Lipinski definition) is 7. The molecule has 1 saturated heterocycles. The Morgan fingerprint density at radius 1 is 0.936 bits per heavy atom. The van der Waals surface area contributed by atoms with Crippen LogP contribution in [0.1, 0.15) is 80.2 Å². The lowest BCUT2D eigenvalue weighted by atomic mass is 9.78. The highest BCUT2D eigenvalue weighted by Crippen LogP contribution is 2.37. The Hall–Kier alpha value is -4.54. The highest BCUT2D eigenvalue weighted by atomic mass is 16.6. The Bertz CT molecular complexity index is 1600. The van der Waals surface area contributed by atoms with E-state index in [0.717, 1.165) is 73.9 Å². The lowest BCUT2D eigenvalue weighted by molar-refractivity contribution is -0.384. The van der Waals surface area contributed by atoms with E-state index in [2.05, 4.69) is 17.2 Å². The van der Waals surface area contributed by atoms with E-state index in [0.29, 0.717) is 44.0 Å². The first kappa shape index (κ1) is 32.4. The molecular formula is C36H43N5O6. The second kappa shape index (κ2) is 14.5. The zero-order valence-electron chi connectivity index (χ0n) is 27.0. The van der Waals surface area contributed by atoms with E-state index < -0.39 is 11.0 Å². The number of non-ortho nitro benzene ring substituents is 1. The van der Waals surface area contributed by atoms with Gasteiger partial charge in [0.05, 0.1) is 17.7 Å². The van der Waals surface area contributed by atoms with Crippen molar-refractivity contribution in [2.75, 3.05) is 18.0 Å². The third-order valence-electron chi connectivity index (χ3n) is 10.3. The minimum Gasteiger partial charge on any atom is -0.445 e. The van der Waals surface area contributed by atoms with Crippen molar-refractivity contribution in [3.63, 3.8) is 0 Å². The average molecular weight is 642 g/mol. The van der Waals surface area contributed by atoms with Gasteiger partial charge in [0.15, 0.2) is 0 Å². The van der Waals surface area contributed by atoms with Gasteiger partial charge in [-0.15, -0.1) is 0 Å². The summed E-state index contributed by atoms with van der Waals surface area (Å²) in [4.78, 5) is 53.3. The number of likely N-dealkylation sites (tertiary alicyclic amines) is 1. The summed E-state index contributed by atoms with van der Waals surface area (Å²) in [6, 6.07) is 14.2. The molecule has 2 fully saturated rings. The van der Waals surface area contributed by atoms with E-state index in [1.807, 2.05) is 35.0 Å². The molecule has 1 aromatic heterocycles. The first-order valence-corrected chi connectivity index (χ1v) is 16.8. The van der Waals surface area contributed by atoms with Gasteiger partial charge in [0.1, 0.15) is 12.4 Å². The Kier molecular flexibility index (Phi) is 9.98. The molecule has 47 heavy (non-hydrogen) atoms. The largest absolute Gasteiger partial charge is 0.445 e. The van der Waals surface area contributed by atoms with E-state index in [9.17, 15) is 24.5 Å². The predicted octanol–water partition coefficient (Wildman–Crippen LogP) is 6.36. The molecule has 248 valence electrons. The molecule has 2 aromatic carbocycles. The fourth-order valence-corrected chi connectivity index (χ4v) is 7.40. The van der Waals surface area contributed by atoms with Gasteiger partial charge >= 0.3 is 6.09 Å². The van der Waals surface area contributed by atoms with Crippen molar-refractivity contribution in [1.29, 1.82) is 0 Å². The molecule has 0 atom stereocenters. The minimum atomic E-state index is -0.464. The predicted molar refractivity (Wildman–Crippen MR) is 176 cm³/mol. The van der Waals surface area contributed by atoms with Crippen LogP contribution in [0.15, 0.2) is 54.7 Å². The Labute approximate surface area is 275 Å². The molecule has 1 saturated carbocycles. The summed E-state index contributed by atoms with van der Waals surface area (Å²) >= 11 is 0. The maximum atomic E-state index is 13.9. The summed E-state index contributed by atoms with van der Waals surface area (Å²) in [5, 5.41) is 15.3. The summed E-state index contributed by atoms with van der Waals surface area (Å²) < 4.78 is 7.32. The van der Waals surface area contributed by atoms with Crippen LogP contribution in [-0.2, 0) is 40.9 Å². The zero-order chi connectivity index (χ0) is 32.9. The molecule has 11 nitrogen and oxygen atoms in total. The molecule has 0 unspecified atom stereocenters. The molecule has 0 bridgehead atoms. The fraction of sp³-hybridized carbons (Fsp3) is 0.500. The topological polar surface area (TPSA) is 128 Å². The number of nitro benzene ring substituents is 1. The van der Waals surface area contributed by atoms with E-state index >= 15 is 0 Å². The number of rotatable bonds is 9. The number of ketones is 1. The smallest absolute Gasteiger partial charge is 0.410 e. The highest BCUT2D eigenvalue weighted by Gasteiger charge is 2.33. The lowest BCUT2D eigenvalue weighted by Crippen LogP contribution is -2.39. The fourth-order valence-electron chi connectivity index (χ4n) is 7.40. The second-order valence-electron chi connectivity index (χ2n) is 13.4. The average Bonchev–Trinajstić information content (AvgIpc) is 3.33. The van der Waals surface area contributed by atoms with Crippen molar-refractivity contribution < 1.29 is 24.0 Å². The van der Waals surface area contributed by atoms with Crippen molar-refractivity contribution in [2.45, 2.75) is 77.4 Å². The number of hydrogen-bond donors (Lipinski definition) is 0. The van der Waals surface area contributed by atoms with Crippen LogP contribution in [0.4, 0.5) is 16.2 Å². The number of anilines is 1. The van der Waals surface area contributed by atoms with Crippen molar-refractivity contribution in [2.24, 2.45) is 24.8 Å². The summed E-state index contributed by atoms with van der Waals surface area (Å²) in [5.74, 6) is 1.23. The third-order valence-corrected chi connectivity index (χ3v) is 10.3. The molecule has 2 amide bonds. The number of fused-ring (bicyclic) bond motifs is 2. The molecule has 0 spiro atoms. The van der Waals surface area contributed by atoms with Crippen LogP contribution in [0.25, 0.3) is 0 Å². The van der Waals surface area contributed by atoms with Crippen LogP contribution in [0.2, 0.25) is 0 Å². The van der Waals surface area contributed by atoms with Crippen molar-refractivity contribution in [3.8, 4) is 0 Å². The lowest BCUT2D eigenvalue weighted by Gasteiger charge is -2.32. The van der Waals surface area contributed by atoms with Gasteiger partial charge in [0, 0.05) is 74.4 Å². The number of benzene rings is 2. The van der Waals surface area contributed by atoms with Crippen LogP contribution in [0.3, 0.4) is 0 Å². The van der Waals surface area contributed by atoms with E-state index in [1.165, 1.54) is 12.1 Å². The van der Waals surface area contributed by atoms with Crippen LogP contribution in [0, 0.1) is 27.9 Å². The number of para-hydroxylation sites is 1. The standard InChI is InChI=1S/C36H43N5O6/c1-38-34-21-29-4-2-3-5-33(29)40(23-30(34)22-37-38)35(43)28-11-6-25(7-12-28)10-15-32(42)20-26-16-18-39(19-17-26)36(44)47-24-27-8-13-31(14-9-27)41(45)46/h2-5,8-9,13-14,22,25-26,28H,6-7,10-12,15-21,23-24H2,1H3. The van der Waals surface area contributed by atoms with Crippen molar-refractivity contribution in [3.05, 3.63) is 87.2 Å². The van der Waals surface area contributed by atoms with Gasteiger partial charge in [0.25, 0.3) is 5.69 Å². The van der Waals surface area contributed by atoms with Gasteiger partial charge in [-0.3, -0.25) is 24.4 Å². The van der Waals surface area contributed by atoms with E-state index in [-0.39, 0.29) is 35.8 Å². The van der Waals surface area contributed by atoms with E-state index in [4.69, 9.17) is 4.74 Å². The maximum Gasteiger partial charge on any atom is 0.410 e. The number of ether oxygens (including phenoxy) is 1. The molecule has 0 N–H and O–H groups in total. The highest BCUT2D eigenvalue weighted by molar-refractivity contribution is 5.96. The molecule has 3 aromatic rings. The number of carbonyl (C=O) groups excluding carboxylic acids is 3. The summed E-state index contributed by atoms with van der Waals surface area (Å²) in [5.41, 5.74) is 5.11. The normalized spacial score (nSPS) is 19.8. The molecule has 3 aliphatic rings. The third kappa shape index (κ3) is 7.72. The van der Waals surface area contributed by atoms with Gasteiger partial charge in [0.2, 0.25) is 5.91 Å². The van der Waals surface area contributed by atoms with Crippen molar-refractivity contribution >= 4 is 29.2 Å². The molecule has 11 heteroatoms. The number of aryl methyl sites for hydroxylation is 1. The van der Waals surface area contributed by atoms with Crippen molar-refractivity contribution in [1.82, 2.24) is 14.7 Å². The number of nitrogens with zero attached hydrogens (tertiary/aromatic N) is 5. The molecule has 3 heterocycles. The Morgan fingerprint density at radius 2 is 1.66 bits per heavy atom. The molecule has 1 aliphatic carbocycles. The van der Waals surface area contributed by atoms with Gasteiger partial charge in [-0.25, -0.2) is 4.79 Å². The first-order valence-electron chi connectivity index (χ1n) is 16.8. The number of aromatic nitrogens is 2. The quantitative estimate of drug-likeness (QED) is 0.196. The van der Waals surface area contributed by atoms with Gasteiger partial charge in [-0.05, 0) is 86.1 Å². The number of amides is 2. The number of carbonyl (C=O) groups is 3. The SMILES string of the molecule is Cn1ncc2c1Cc1ccccc1N(C(=O)C1CCC(CCC(=O)CC3CCN(C(=O)OCc4ccc([N+](=O)[O-])cc4)CC3)CC1)C2. The molecule has 2 aliphatic heterocycles. The minimum absolute atomic E-state index is 0.000705.